The lowest BCUT2D eigenvalue weighted by molar-refractivity contribution is -0.151. The Bertz CT molecular complexity index is 1950. The van der Waals surface area contributed by atoms with E-state index in [0.717, 1.165) is 79.6 Å². The molecule has 68 heavy (non-hydrogen) atoms. The molecule has 0 amide bonds. The SMILES string of the molecule is C.C.C.CCOc1cn[nH]c1.CCOc1cnn(CC(=O)[C@H]2CC[C@H]3[C@@H]4CC[C@@H]5C[C@](C)(O)CC[C@]5(C)[C@H]4CC[C@]23C)c1.C[C@@]1(O)CC[C@@]2(C)[C@H](CC[C@@H]3[C@@H]2CC[C@]2(C)[C@@H](C(=O)CBr)CC[C@@H]32)C1. The number of ketones is 2. The molecule has 0 spiro atoms. The summed E-state index contributed by atoms with van der Waals surface area (Å²) in [7, 11) is 0. The molecule has 0 bridgehead atoms. The molecule has 8 aliphatic rings. The third-order valence-corrected chi connectivity index (χ3v) is 21.4. The van der Waals surface area contributed by atoms with Crippen LogP contribution in [0.1, 0.15) is 193 Å². The highest BCUT2D eigenvalue weighted by atomic mass is 79.9. The molecule has 0 aliphatic heterocycles. The van der Waals surface area contributed by atoms with Gasteiger partial charge in [0, 0.05) is 11.8 Å². The maximum atomic E-state index is 13.4. The number of Topliss-reactive ketones (excluding diaryl/α,β-unsaturated/α-hetero) is 2. The number of rotatable bonds is 9. The van der Waals surface area contributed by atoms with Crippen LogP contribution in [0.3, 0.4) is 0 Å². The van der Waals surface area contributed by atoms with E-state index in [0.29, 0.717) is 65.2 Å². The lowest BCUT2D eigenvalue weighted by atomic mass is 9.44. The summed E-state index contributed by atoms with van der Waals surface area (Å²) in [6.45, 7) is 19.6. The lowest BCUT2D eigenvalue weighted by Crippen LogP contribution is -2.55. The third-order valence-electron chi connectivity index (χ3n) is 20.8. The predicted octanol–water partition coefficient (Wildman–Crippen LogP) is 13.3. The van der Waals surface area contributed by atoms with Crippen LogP contribution < -0.4 is 9.47 Å². The van der Waals surface area contributed by atoms with E-state index in [2.05, 4.69) is 58.9 Å². The Morgan fingerprint density at radius 3 is 1.56 bits per heavy atom. The molecular formula is C57H97BrN4O6. The number of nitrogens with zero attached hydrogens (tertiary/aromatic N) is 3. The number of H-pyrrole nitrogens is 1. The second-order valence-electron chi connectivity index (χ2n) is 24.3. The van der Waals surface area contributed by atoms with Gasteiger partial charge in [0.25, 0.3) is 0 Å². The quantitative estimate of drug-likeness (QED) is 0.211. The maximum Gasteiger partial charge on any atom is 0.157 e. The first-order valence-corrected chi connectivity index (χ1v) is 27.3. The number of aromatic nitrogens is 4. The van der Waals surface area contributed by atoms with Crippen LogP contribution in [0, 0.1) is 80.8 Å². The second-order valence-corrected chi connectivity index (χ2v) is 24.9. The van der Waals surface area contributed by atoms with Crippen molar-refractivity contribution in [3.63, 3.8) is 0 Å². The molecule has 0 unspecified atom stereocenters. The fraction of sp³-hybridized carbons (Fsp3) is 0.860. The van der Waals surface area contributed by atoms with E-state index in [1.165, 1.54) is 77.0 Å². The number of ether oxygens (including phenoxy) is 2. The summed E-state index contributed by atoms with van der Waals surface area (Å²) in [4.78, 5) is 26.0. The van der Waals surface area contributed by atoms with E-state index >= 15 is 0 Å². The molecule has 10 rings (SSSR count). The second kappa shape index (κ2) is 21.9. The number of hydrogen-bond acceptors (Lipinski definition) is 8. The van der Waals surface area contributed by atoms with Gasteiger partial charge in [-0.2, -0.15) is 10.2 Å². The molecule has 16 atom stereocenters. The number of fused-ring (bicyclic) bond motifs is 10. The van der Waals surface area contributed by atoms with Crippen LogP contribution in [-0.4, -0.2) is 71.5 Å². The summed E-state index contributed by atoms with van der Waals surface area (Å²) in [5.41, 5.74) is 0.261. The molecule has 8 aliphatic carbocycles. The van der Waals surface area contributed by atoms with Gasteiger partial charge in [0.15, 0.2) is 17.3 Å². The summed E-state index contributed by atoms with van der Waals surface area (Å²) >= 11 is 3.43. The summed E-state index contributed by atoms with van der Waals surface area (Å²) in [5.74, 6) is 8.72. The molecule has 0 radical (unpaired) electrons. The van der Waals surface area contributed by atoms with Gasteiger partial charge < -0.3 is 19.7 Å². The van der Waals surface area contributed by atoms with Gasteiger partial charge in [-0.15, -0.1) is 0 Å². The van der Waals surface area contributed by atoms with E-state index in [9.17, 15) is 19.8 Å². The van der Waals surface area contributed by atoms with Crippen LogP contribution in [0.5, 0.6) is 11.5 Å². The smallest absolute Gasteiger partial charge is 0.157 e. The molecule has 2 aromatic rings. The maximum absolute atomic E-state index is 13.4. The largest absolute Gasteiger partial charge is 0.491 e. The molecule has 8 saturated carbocycles. The van der Waals surface area contributed by atoms with E-state index in [4.69, 9.17) is 9.47 Å². The fourth-order valence-electron chi connectivity index (χ4n) is 17.4. The van der Waals surface area contributed by atoms with Gasteiger partial charge in [0.2, 0.25) is 0 Å². The number of alkyl halides is 1. The Morgan fingerprint density at radius 2 is 1.10 bits per heavy atom. The highest BCUT2D eigenvalue weighted by molar-refractivity contribution is 9.09. The minimum absolute atomic E-state index is 0. The zero-order chi connectivity index (χ0) is 46.6. The zero-order valence-electron chi connectivity index (χ0n) is 41.4. The van der Waals surface area contributed by atoms with Crippen LogP contribution in [0.25, 0.3) is 0 Å². The Balaban J connectivity index is 0.000000214. The molecule has 11 heteroatoms. The number of carbonyl (C=O) groups excluding carboxylic acids is 2. The topological polar surface area (TPSA) is 140 Å². The van der Waals surface area contributed by atoms with Crippen molar-refractivity contribution < 1.29 is 29.3 Å². The molecule has 0 aromatic carbocycles. The van der Waals surface area contributed by atoms with Crippen LogP contribution in [0.15, 0.2) is 24.8 Å². The minimum Gasteiger partial charge on any atom is -0.491 e. The number of carbonyl (C=O) groups is 2. The molecule has 3 N–H and O–H groups in total. The van der Waals surface area contributed by atoms with Crippen molar-refractivity contribution in [2.75, 3.05) is 18.5 Å². The van der Waals surface area contributed by atoms with Gasteiger partial charge in [0.05, 0.1) is 61.1 Å². The van der Waals surface area contributed by atoms with E-state index < -0.39 is 11.2 Å². The van der Waals surface area contributed by atoms with Gasteiger partial charge in [-0.25, -0.2) is 0 Å². The summed E-state index contributed by atoms with van der Waals surface area (Å²) in [6.07, 6.45) is 27.9. The lowest BCUT2D eigenvalue weighted by Gasteiger charge is -2.61. The predicted molar refractivity (Wildman–Crippen MR) is 279 cm³/mol. The molecule has 8 fully saturated rings. The first kappa shape index (κ1) is 56.7. The Hall–Kier alpha value is -2.24. The van der Waals surface area contributed by atoms with E-state index in [1.807, 2.05) is 33.9 Å². The van der Waals surface area contributed by atoms with Crippen molar-refractivity contribution in [2.45, 2.75) is 211 Å². The molecule has 2 heterocycles. The number of aliphatic hydroxyl groups is 2. The average molecular weight is 1010 g/mol. The standard InChI is InChI=1S/C27H42N2O3.C22H35BrO2.C5H8N2O.3CH4/c1-5-32-19-15-28-29(16-19)17-24(30)23-9-8-21-20-7-6-18-14-25(2,31)12-13-26(18,3)22(20)10-11-27(21,23)4;1-20(25)10-11-21(2)14(12-20)4-5-15-16-6-7-18(19(24)13-23)22(16,3)9-8-17(15)21;1-2-8-5-3-6-7-4-5;;;/h15-16,18,20-23,31H,5-14,17H2,1-4H3;14-18,25H,4-13H2,1-3H3;3-4H,2H2,1H3,(H,6,7);3*1H4/t18-,20+,21+,22+,23-,25-,26+,27+;14-,15+,16+,17+,18-,20-,21+,22+;;;;/m11..../s1. The fourth-order valence-corrected chi connectivity index (χ4v) is 17.8. The van der Waals surface area contributed by atoms with Gasteiger partial charge in [-0.05, 0) is 212 Å². The molecule has 388 valence electrons. The molecular weight excluding hydrogens is 917 g/mol. The Morgan fingerprint density at radius 1 is 0.632 bits per heavy atom. The first-order valence-electron chi connectivity index (χ1n) is 26.1. The highest BCUT2D eigenvalue weighted by Crippen LogP contribution is 2.70. The number of nitrogens with one attached hydrogen (secondary N) is 1. The monoisotopic (exact) mass is 1010 g/mol. The first-order chi connectivity index (χ1) is 30.8. The zero-order valence-corrected chi connectivity index (χ0v) is 43.0. The van der Waals surface area contributed by atoms with Crippen LogP contribution >= 0.6 is 15.9 Å². The summed E-state index contributed by atoms with van der Waals surface area (Å²) in [6, 6.07) is 0. The van der Waals surface area contributed by atoms with Crippen molar-refractivity contribution in [3.05, 3.63) is 24.8 Å². The van der Waals surface area contributed by atoms with Crippen molar-refractivity contribution in [3.8, 4) is 11.5 Å². The van der Waals surface area contributed by atoms with Crippen molar-refractivity contribution in [1.29, 1.82) is 0 Å². The minimum atomic E-state index is -0.473. The highest BCUT2D eigenvalue weighted by Gasteiger charge is 2.63. The number of halogens is 1. The molecule has 10 nitrogen and oxygen atoms in total. The van der Waals surface area contributed by atoms with Gasteiger partial charge in [-0.3, -0.25) is 19.4 Å². The Labute approximate surface area is 421 Å². The molecule has 2 aromatic heterocycles. The molecule has 0 saturated heterocycles. The van der Waals surface area contributed by atoms with Gasteiger partial charge in [-0.1, -0.05) is 65.9 Å². The van der Waals surface area contributed by atoms with Crippen molar-refractivity contribution in [2.24, 2.45) is 80.8 Å². The Kier molecular flexibility index (Phi) is 18.2. The van der Waals surface area contributed by atoms with Crippen molar-refractivity contribution >= 4 is 27.5 Å². The van der Waals surface area contributed by atoms with Crippen molar-refractivity contribution in [1.82, 2.24) is 20.0 Å². The van der Waals surface area contributed by atoms with Gasteiger partial charge in [0.1, 0.15) is 5.78 Å². The van der Waals surface area contributed by atoms with Crippen LogP contribution in [0.4, 0.5) is 0 Å². The summed E-state index contributed by atoms with van der Waals surface area (Å²) < 4.78 is 12.3. The number of aromatic amines is 1. The van der Waals surface area contributed by atoms with Crippen LogP contribution in [0.2, 0.25) is 0 Å². The summed E-state index contributed by atoms with van der Waals surface area (Å²) in [5, 5.41) is 32.5. The van der Waals surface area contributed by atoms with E-state index in [-0.39, 0.29) is 44.9 Å². The van der Waals surface area contributed by atoms with Crippen LogP contribution in [-0.2, 0) is 16.1 Å². The normalized spacial score (nSPS) is 42.8. The van der Waals surface area contributed by atoms with E-state index in [1.54, 1.807) is 23.3 Å². The average Bonchev–Trinajstić information content (AvgIpc) is 4.08. The van der Waals surface area contributed by atoms with Gasteiger partial charge >= 0.3 is 0 Å². The third kappa shape index (κ3) is 10.6. The number of hydrogen-bond donors (Lipinski definition) is 3.